The molecular formula is C18H20F2N4O3. The normalized spacial score (nSPS) is 19.0. The van der Waals surface area contributed by atoms with Crippen molar-refractivity contribution in [2.24, 2.45) is 0 Å². The average Bonchev–Trinajstić information content (AvgIpc) is 3.15. The van der Waals surface area contributed by atoms with Crippen LogP contribution in [0.5, 0.6) is 11.6 Å². The Bertz CT molecular complexity index is 814. The number of halogens is 2. The summed E-state index contributed by atoms with van der Waals surface area (Å²) in [5, 5.41) is 2.29. The fourth-order valence-corrected chi connectivity index (χ4v) is 2.85. The van der Waals surface area contributed by atoms with Crippen LogP contribution in [0.1, 0.15) is 24.9 Å². The SMILES string of the molecule is CCOc1cc(OC)c(C2CC(C(=O)Nc3c(F)cccc3F)NN2)cn1. The van der Waals surface area contributed by atoms with Crippen molar-refractivity contribution in [3.05, 3.63) is 47.7 Å². The lowest BCUT2D eigenvalue weighted by Crippen LogP contribution is -2.39. The van der Waals surface area contributed by atoms with Gasteiger partial charge in [-0.05, 0) is 25.5 Å². The molecule has 1 aromatic heterocycles. The average molecular weight is 378 g/mol. The summed E-state index contributed by atoms with van der Waals surface area (Å²) >= 11 is 0. The highest BCUT2D eigenvalue weighted by Gasteiger charge is 2.32. The molecule has 2 aromatic rings. The number of amides is 1. The highest BCUT2D eigenvalue weighted by molar-refractivity contribution is 5.95. The van der Waals surface area contributed by atoms with Crippen molar-refractivity contribution >= 4 is 11.6 Å². The Labute approximate surface area is 155 Å². The van der Waals surface area contributed by atoms with E-state index in [1.807, 2.05) is 6.92 Å². The zero-order valence-corrected chi connectivity index (χ0v) is 14.9. The minimum atomic E-state index is -0.830. The van der Waals surface area contributed by atoms with Crippen LogP contribution in [-0.4, -0.2) is 30.6 Å². The van der Waals surface area contributed by atoms with Crippen molar-refractivity contribution in [3.8, 4) is 11.6 Å². The van der Waals surface area contributed by atoms with Crippen molar-refractivity contribution in [3.63, 3.8) is 0 Å². The number of aromatic nitrogens is 1. The summed E-state index contributed by atoms with van der Waals surface area (Å²) in [6.45, 7) is 2.33. The van der Waals surface area contributed by atoms with Crippen LogP contribution in [-0.2, 0) is 4.79 Å². The molecule has 3 N–H and O–H groups in total. The summed E-state index contributed by atoms with van der Waals surface area (Å²) in [6, 6.07) is 4.10. The van der Waals surface area contributed by atoms with Gasteiger partial charge in [0, 0.05) is 17.8 Å². The van der Waals surface area contributed by atoms with Crippen LogP contribution in [0.2, 0.25) is 0 Å². The van der Waals surface area contributed by atoms with E-state index in [9.17, 15) is 13.6 Å². The maximum absolute atomic E-state index is 13.7. The number of rotatable bonds is 6. The highest BCUT2D eigenvalue weighted by Crippen LogP contribution is 2.32. The number of methoxy groups -OCH3 is 1. The molecule has 1 fully saturated rings. The zero-order valence-electron chi connectivity index (χ0n) is 14.9. The lowest BCUT2D eigenvalue weighted by Gasteiger charge is -2.15. The topological polar surface area (TPSA) is 84.5 Å². The van der Waals surface area contributed by atoms with E-state index in [4.69, 9.17) is 9.47 Å². The van der Waals surface area contributed by atoms with E-state index in [1.165, 1.54) is 13.2 Å². The number of hydrazine groups is 1. The third-order valence-electron chi connectivity index (χ3n) is 4.19. The van der Waals surface area contributed by atoms with Gasteiger partial charge in [-0.15, -0.1) is 0 Å². The van der Waals surface area contributed by atoms with Crippen molar-refractivity contribution < 1.29 is 23.0 Å². The standard InChI is InChI=1S/C18H20F2N4O3/c1-3-27-16-8-15(26-2)10(9-21-16)13-7-14(24-23-13)18(25)22-17-11(19)5-4-6-12(17)20/h4-6,8-9,13-14,23-24H,3,7H2,1-2H3,(H,22,25). The number of nitrogens with zero attached hydrogens (tertiary/aromatic N) is 1. The smallest absolute Gasteiger partial charge is 0.243 e. The third kappa shape index (κ3) is 4.15. The van der Waals surface area contributed by atoms with Crippen LogP contribution in [0.15, 0.2) is 30.5 Å². The van der Waals surface area contributed by atoms with Crippen LogP contribution in [0.3, 0.4) is 0 Å². The van der Waals surface area contributed by atoms with Gasteiger partial charge < -0.3 is 14.8 Å². The first-order valence-corrected chi connectivity index (χ1v) is 8.46. The maximum atomic E-state index is 13.7. The maximum Gasteiger partial charge on any atom is 0.243 e. The number of carbonyl (C=O) groups is 1. The number of benzene rings is 1. The van der Waals surface area contributed by atoms with Gasteiger partial charge in [-0.25, -0.2) is 24.6 Å². The zero-order chi connectivity index (χ0) is 19.4. The summed E-state index contributed by atoms with van der Waals surface area (Å²) < 4.78 is 38.2. The summed E-state index contributed by atoms with van der Waals surface area (Å²) in [5.74, 6) is -1.21. The largest absolute Gasteiger partial charge is 0.496 e. The molecule has 9 heteroatoms. The minimum absolute atomic E-state index is 0.274. The molecule has 0 aliphatic carbocycles. The molecule has 0 radical (unpaired) electrons. The molecule has 27 heavy (non-hydrogen) atoms. The second kappa shape index (κ2) is 8.28. The van der Waals surface area contributed by atoms with E-state index in [-0.39, 0.29) is 6.04 Å². The van der Waals surface area contributed by atoms with Crippen LogP contribution in [0.25, 0.3) is 0 Å². The lowest BCUT2D eigenvalue weighted by molar-refractivity contribution is -0.117. The molecule has 2 heterocycles. The lowest BCUT2D eigenvalue weighted by atomic mass is 10.0. The number of pyridine rings is 1. The Morgan fingerprint density at radius 1 is 1.33 bits per heavy atom. The second-order valence-corrected chi connectivity index (χ2v) is 5.91. The van der Waals surface area contributed by atoms with Crippen LogP contribution >= 0.6 is 0 Å². The minimum Gasteiger partial charge on any atom is -0.496 e. The van der Waals surface area contributed by atoms with E-state index in [1.54, 1.807) is 12.3 Å². The number of anilines is 1. The molecule has 0 spiro atoms. The molecule has 144 valence electrons. The molecule has 3 rings (SSSR count). The number of ether oxygens (including phenoxy) is 2. The number of para-hydroxylation sites is 1. The van der Waals surface area contributed by atoms with Crippen LogP contribution in [0, 0.1) is 11.6 Å². The van der Waals surface area contributed by atoms with E-state index >= 15 is 0 Å². The van der Waals surface area contributed by atoms with Gasteiger partial charge in [0.1, 0.15) is 29.1 Å². The monoisotopic (exact) mass is 378 g/mol. The molecular weight excluding hydrogens is 358 g/mol. The van der Waals surface area contributed by atoms with Crippen LogP contribution in [0.4, 0.5) is 14.5 Å². The van der Waals surface area contributed by atoms with Gasteiger partial charge in [-0.2, -0.15) is 0 Å². The molecule has 1 saturated heterocycles. The van der Waals surface area contributed by atoms with Gasteiger partial charge in [0.2, 0.25) is 11.8 Å². The van der Waals surface area contributed by atoms with E-state index in [0.29, 0.717) is 24.7 Å². The fourth-order valence-electron chi connectivity index (χ4n) is 2.85. The van der Waals surface area contributed by atoms with Gasteiger partial charge in [0.25, 0.3) is 0 Å². The second-order valence-electron chi connectivity index (χ2n) is 5.91. The third-order valence-corrected chi connectivity index (χ3v) is 4.19. The molecule has 2 atom stereocenters. The number of carbonyl (C=O) groups excluding carboxylic acids is 1. The van der Waals surface area contributed by atoms with Crippen molar-refractivity contribution in [2.75, 3.05) is 19.0 Å². The quantitative estimate of drug-likeness (QED) is 0.716. The molecule has 0 saturated carbocycles. The highest BCUT2D eigenvalue weighted by atomic mass is 19.1. The van der Waals surface area contributed by atoms with Crippen molar-refractivity contribution in [1.29, 1.82) is 0 Å². The summed E-state index contributed by atoms with van der Waals surface area (Å²) in [5.41, 5.74) is 6.09. The Morgan fingerprint density at radius 3 is 2.74 bits per heavy atom. The Kier molecular flexibility index (Phi) is 5.82. The summed E-state index contributed by atoms with van der Waals surface area (Å²) in [7, 11) is 1.53. The van der Waals surface area contributed by atoms with Crippen molar-refractivity contribution in [1.82, 2.24) is 15.8 Å². The van der Waals surface area contributed by atoms with Gasteiger partial charge >= 0.3 is 0 Å². The molecule has 1 aromatic carbocycles. The van der Waals surface area contributed by atoms with E-state index in [0.717, 1.165) is 17.7 Å². The van der Waals surface area contributed by atoms with Crippen LogP contribution < -0.4 is 25.6 Å². The fraction of sp³-hybridized carbons (Fsp3) is 0.333. The predicted octanol–water partition coefficient (Wildman–Crippen LogP) is 2.31. The molecule has 1 amide bonds. The molecule has 7 nitrogen and oxygen atoms in total. The predicted molar refractivity (Wildman–Crippen MR) is 94.4 cm³/mol. The first-order valence-electron chi connectivity index (χ1n) is 8.46. The summed E-state index contributed by atoms with van der Waals surface area (Å²) in [6.07, 6.45) is 1.95. The Balaban J connectivity index is 1.70. The Morgan fingerprint density at radius 2 is 2.07 bits per heavy atom. The molecule has 2 unspecified atom stereocenters. The van der Waals surface area contributed by atoms with Gasteiger partial charge in [-0.3, -0.25) is 4.79 Å². The number of nitrogens with one attached hydrogen (secondary N) is 3. The van der Waals surface area contributed by atoms with Crippen molar-refractivity contribution in [2.45, 2.75) is 25.4 Å². The first kappa shape index (κ1) is 19.0. The Hall–Kier alpha value is -2.78. The molecule has 1 aliphatic heterocycles. The number of hydrogen-bond donors (Lipinski definition) is 3. The molecule has 0 bridgehead atoms. The van der Waals surface area contributed by atoms with Gasteiger partial charge in [0.15, 0.2) is 0 Å². The first-order chi connectivity index (χ1) is 13.0. The molecule has 1 aliphatic rings. The van der Waals surface area contributed by atoms with Gasteiger partial charge in [-0.1, -0.05) is 6.07 Å². The number of hydrogen-bond acceptors (Lipinski definition) is 6. The van der Waals surface area contributed by atoms with E-state index < -0.39 is 29.3 Å². The van der Waals surface area contributed by atoms with Gasteiger partial charge in [0.05, 0.1) is 19.8 Å². The van der Waals surface area contributed by atoms with E-state index in [2.05, 4.69) is 21.2 Å². The summed E-state index contributed by atoms with van der Waals surface area (Å²) in [4.78, 5) is 16.6.